The molecule has 4 nitrogen and oxygen atoms in total. The Balaban J connectivity index is 2.14. The Morgan fingerprint density at radius 3 is 2.48 bits per heavy atom. The van der Waals surface area contributed by atoms with Crippen LogP contribution in [0.15, 0.2) is 54.6 Å². The van der Waals surface area contributed by atoms with E-state index in [0.717, 1.165) is 5.56 Å². The number of hydrogen-bond acceptors (Lipinski definition) is 4. The van der Waals surface area contributed by atoms with Crippen LogP contribution in [0.2, 0.25) is 0 Å². The van der Waals surface area contributed by atoms with Crippen LogP contribution in [0.3, 0.4) is 0 Å². The number of carbonyl (C=O) groups is 2. The molecule has 0 spiro atoms. The highest BCUT2D eigenvalue weighted by Gasteiger charge is 2.50. The van der Waals surface area contributed by atoms with Crippen molar-refractivity contribution in [1.82, 2.24) is 0 Å². The number of benzene rings is 2. The molecule has 106 valence electrons. The SMILES string of the molecule is C[C@@]1(OC=O)C(=O)c2ccccc2O[C@@H]1c1ccccc1. The third-order valence-corrected chi connectivity index (χ3v) is 3.72. The van der Waals surface area contributed by atoms with Crippen molar-refractivity contribution >= 4 is 12.3 Å². The first-order valence-electron chi connectivity index (χ1n) is 6.63. The molecule has 21 heavy (non-hydrogen) atoms. The van der Waals surface area contributed by atoms with Crippen LogP contribution >= 0.6 is 0 Å². The standard InChI is InChI=1S/C17H14O4/c1-17(20-11-18)15(19)13-9-5-6-10-14(13)21-16(17)12-7-3-2-4-8-12/h2-11,16H,1H3/t16-,17-/m1/s1. The molecule has 3 rings (SSSR count). The summed E-state index contributed by atoms with van der Waals surface area (Å²) in [5.74, 6) is 0.244. The lowest BCUT2D eigenvalue weighted by Crippen LogP contribution is -2.49. The monoisotopic (exact) mass is 282 g/mol. The van der Waals surface area contributed by atoms with Crippen molar-refractivity contribution in [3.8, 4) is 5.75 Å². The van der Waals surface area contributed by atoms with Crippen molar-refractivity contribution in [1.29, 1.82) is 0 Å². The van der Waals surface area contributed by atoms with Crippen molar-refractivity contribution in [2.75, 3.05) is 0 Å². The van der Waals surface area contributed by atoms with Gasteiger partial charge in [0.1, 0.15) is 5.75 Å². The van der Waals surface area contributed by atoms with E-state index in [4.69, 9.17) is 9.47 Å². The average Bonchev–Trinajstić information content (AvgIpc) is 2.52. The number of ether oxygens (including phenoxy) is 2. The highest BCUT2D eigenvalue weighted by molar-refractivity contribution is 6.06. The predicted octanol–water partition coefficient (Wildman–Crippen LogP) is 2.93. The zero-order valence-electron chi connectivity index (χ0n) is 11.5. The molecular formula is C17H14O4. The minimum Gasteiger partial charge on any atom is -0.480 e. The number of fused-ring (bicyclic) bond motifs is 1. The van der Waals surface area contributed by atoms with Crippen molar-refractivity contribution in [2.24, 2.45) is 0 Å². The fourth-order valence-electron chi connectivity index (χ4n) is 2.61. The molecule has 0 aliphatic carbocycles. The molecular weight excluding hydrogens is 268 g/mol. The number of carbonyl (C=O) groups excluding carboxylic acids is 2. The van der Waals surface area contributed by atoms with E-state index >= 15 is 0 Å². The van der Waals surface area contributed by atoms with E-state index in [1.807, 2.05) is 30.3 Å². The van der Waals surface area contributed by atoms with Gasteiger partial charge in [0, 0.05) is 0 Å². The van der Waals surface area contributed by atoms with Crippen LogP contribution in [-0.2, 0) is 9.53 Å². The van der Waals surface area contributed by atoms with Gasteiger partial charge >= 0.3 is 0 Å². The molecule has 0 unspecified atom stereocenters. The predicted molar refractivity (Wildman–Crippen MR) is 76.1 cm³/mol. The molecule has 1 aliphatic heterocycles. The molecule has 2 aromatic rings. The van der Waals surface area contributed by atoms with Gasteiger partial charge in [-0.25, -0.2) is 0 Å². The second-order valence-corrected chi connectivity index (χ2v) is 5.05. The van der Waals surface area contributed by atoms with Gasteiger partial charge in [-0.1, -0.05) is 42.5 Å². The summed E-state index contributed by atoms with van der Waals surface area (Å²) in [4.78, 5) is 23.6. The topological polar surface area (TPSA) is 52.6 Å². The van der Waals surface area contributed by atoms with E-state index in [1.54, 1.807) is 31.2 Å². The van der Waals surface area contributed by atoms with Gasteiger partial charge < -0.3 is 9.47 Å². The molecule has 0 bridgehead atoms. The van der Waals surface area contributed by atoms with Gasteiger partial charge in [0.15, 0.2) is 6.10 Å². The van der Waals surface area contributed by atoms with E-state index in [9.17, 15) is 9.59 Å². The summed E-state index contributed by atoms with van der Waals surface area (Å²) in [6.07, 6.45) is -0.675. The average molecular weight is 282 g/mol. The lowest BCUT2D eigenvalue weighted by molar-refractivity contribution is -0.147. The number of rotatable bonds is 3. The normalized spacial score (nSPS) is 23.9. The van der Waals surface area contributed by atoms with Crippen molar-refractivity contribution in [3.05, 3.63) is 65.7 Å². The molecule has 0 amide bonds. The Hall–Kier alpha value is -2.62. The summed E-state index contributed by atoms with van der Waals surface area (Å²) >= 11 is 0. The van der Waals surface area contributed by atoms with E-state index in [2.05, 4.69) is 0 Å². The summed E-state index contributed by atoms with van der Waals surface area (Å²) in [5.41, 5.74) is -0.170. The molecule has 1 aliphatic rings. The maximum atomic E-state index is 12.7. The number of Topliss-reactive ketones (excluding diaryl/α,β-unsaturated/α-hetero) is 1. The lowest BCUT2D eigenvalue weighted by atomic mass is 9.83. The molecule has 0 N–H and O–H groups in total. The fourth-order valence-corrected chi connectivity index (χ4v) is 2.61. The van der Waals surface area contributed by atoms with E-state index < -0.39 is 11.7 Å². The van der Waals surface area contributed by atoms with Crippen LogP contribution in [0.5, 0.6) is 5.75 Å². The summed E-state index contributed by atoms with van der Waals surface area (Å²) in [6, 6.07) is 16.2. The summed E-state index contributed by atoms with van der Waals surface area (Å²) < 4.78 is 11.1. The van der Waals surface area contributed by atoms with Gasteiger partial charge in [0.25, 0.3) is 6.47 Å². The Labute approximate surface area is 122 Å². The van der Waals surface area contributed by atoms with Crippen molar-refractivity contribution in [3.63, 3.8) is 0 Å². The maximum Gasteiger partial charge on any atom is 0.294 e. The minimum absolute atomic E-state index is 0.259. The van der Waals surface area contributed by atoms with E-state index in [0.29, 0.717) is 17.8 Å². The van der Waals surface area contributed by atoms with Crippen molar-refractivity contribution < 1.29 is 19.1 Å². The minimum atomic E-state index is -1.38. The molecule has 2 atom stereocenters. The lowest BCUT2D eigenvalue weighted by Gasteiger charge is -2.39. The zero-order valence-corrected chi connectivity index (χ0v) is 11.5. The molecule has 0 saturated heterocycles. The third kappa shape index (κ3) is 2.09. The Morgan fingerprint density at radius 1 is 1.10 bits per heavy atom. The van der Waals surface area contributed by atoms with Gasteiger partial charge in [-0.15, -0.1) is 0 Å². The van der Waals surface area contributed by atoms with Gasteiger partial charge in [0.05, 0.1) is 5.56 Å². The van der Waals surface area contributed by atoms with Gasteiger partial charge in [-0.3, -0.25) is 9.59 Å². The van der Waals surface area contributed by atoms with Crippen LogP contribution in [0.1, 0.15) is 28.9 Å². The molecule has 2 aromatic carbocycles. The van der Waals surface area contributed by atoms with Crippen LogP contribution in [0, 0.1) is 0 Å². The highest BCUT2D eigenvalue weighted by Crippen LogP contribution is 2.42. The number of ketones is 1. The van der Waals surface area contributed by atoms with Crippen LogP contribution in [-0.4, -0.2) is 17.9 Å². The summed E-state index contributed by atoms with van der Waals surface area (Å²) in [7, 11) is 0. The summed E-state index contributed by atoms with van der Waals surface area (Å²) in [6.45, 7) is 1.88. The first-order chi connectivity index (χ1) is 10.2. The van der Waals surface area contributed by atoms with Crippen LogP contribution < -0.4 is 4.74 Å². The Kier molecular flexibility index (Phi) is 3.22. The highest BCUT2D eigenvalue weighted by atomic mass is 16.6. The van der Waals surface area contributed by atoms with Gasteiger partial charge in [-0.2, -0.15) is 0 Å². The first kappa shape index (κ1) is 13.4. The second-order valence-electron chi connectivity index (χ2n) is 5.05. The maximum absolute atomic E-state index is 12.7. The fraction of sp³-hybridized carbons (Fsp3) is 0.176. The van der Waals surface area contributed by atoms with E-state index in [1.165, 1.54) is 0 Å². The zero-order chi connectivity index (χ0) is 14.9. The van der Waals surface area contributed by atoms with Gasteiger partial charge in [-0.05, 0) is 24.6 Å². The largest absolute Gasteiger partial charge is 0.480 e. The molecule has 0 radical (unpaired) electrons. The molecule has 1 heterocycles. The Morgan fingerprint density at radius 2 is 1.76 bits per heavy atom. The molecule has 4 heteroatoms. The second kappa shape index (κ2) is 5.05. The number of hydrogen-bond donors (Lipinski definition) is 0. The smallest absolute Gasteiger partial charge is 0.294 e. The van der Waals surface area contributed by atoms with Crippen molar-refractivity contribution in [2.45, 2.75) is 18.6 Å². The number of para-hydroxylation sites is 1. The van der Waals surface area contributed by atoms with Gasteiger partial charge in [0.2, 0.25) is 11.4 Å². The summed E-state index contributed by atoms with van der Waals surface area (Å²) in [5, 5.41) is 0. The molecule has 0 aromatic heterocycles. The molecule has 0 fully saturated rings. The first-order valence-corrected chi connectivity index (χ1v) is 6.63. The van der Waals surface area contributed by atoms with Crippen LogP contribution in [0.4, 0.5) is 0 Å². The third-order valence-electron chi connectivity index (χ3n) is 3.72. The van der Waals surface area contributed by atoms with E-state index in [-0.39, 0.29) is 5.78 Å². The Bertz CT molecular complexity index is 680. The quantitative estimate of drug-likeness (QED) is 0.812. The van der Waals surface area contributed by atoms with Crippen LogP contribution in [0.25, 0.3) is 0 Å². The molecule has 0 saturated carbocycles.